The molecule has 7 atom stereocenters. The third kappa shape index (κ3) is 5.88. The average Bonchev–Trinajstić information content (AvgIpc) is 3.31. The average molecular weight is 555 g/mol. The summed E-state index contributed by atoms with van der Waals surface area (Å²) in [5.41, 5.74) is 2.36. The first-order valence-corrected chi connectivity index (χ1v) is 25.2. The van der Waals surface area contributed by atoms with Crippen LogP contribution in [0.15, 0.2) is 0 Å². The van der Waals surface area contributed by atoms with Crippen LogP contribution in [0.2, 0.25) is 37.3 Å². The Balaban J connectivity index is 0.000000794. The zero-order valence-electron chi connectivity index (χ0n) is 20.4. The third-order valence-electron chi connectivity index (χ3n) is 10.3. The third-order valence-corrected chi connectivity index (χ3v) is 31.0. The molecule has 0 saturated heterocycles. The van der Waals surface area contributed by atoms with Gasteiger partial charge in [-0.1, -0.05) is 84.5 Å². The SMILES string of the molecule is CC1CCC([Si](C)(C)[Si](C)(C)C2CCC3CC4CCCC4CC32)C1.[CH3-].[CH3-].[Cl][Zr+2][Cl]. The molecular formula is C24H48Cl2Si2Zr. The van der Waals surface area contributed by atoms with Crippen LogP contribution in [0.25, 0.3) is 0 Å². The predicted octanol–water partition coefficient (Wildman–Crippen LogP) is 9.56. The van der Waals surface area contributed by atoms with Crippen molar-refractivity contribution in [3.8, 4) is 0 Å². The molecular weight excluding hydrogens is 507 g/mol. The van der Waals surface area contributed by atoms with Crippen molar-refractivity contribution in [3.63, 3.8) is 0 Å². The fourth-order valence-electron chi connectivity index (χ4n) is 8.03. The van der Waals surface area contributed by atoms with E-state index in [2.05, 4.69) is 33.1 Å². The molecule has 0 aliphatic heterocycles. The Hall–Kier alpha value is 1.90. The maximum absolute atomic E-state index is 4.93. The summed E-state index contributed by atoms with van der Waals surface area (Å²) in [6.07, 6.45) is 16.0. The number of halogens is 2. The van der Waals surface area contributed by atoms with E-state index in [1.54, 1.807) is 57.8 Å². The molecule has 0 nitrogen and oxygen atoms in total. The quantitative estimate of drug-likeness (QED) is 0.241. The van der Waals surface area contributed by atoms with Crippen molar-refractivity contribution in [1.29, 1.82) is 0 Å². The summed E-state index contributed by atoms with van der Waals surface area (Å²) in [7, 11) is 7.69. The minimum atomic E-state index is -1.11. The van der Waals surface area contributed by atoms with Gasteiger partial charge in [0.2, 0.25) is 0 Å². The molecule has 4 fully saturated rings. The van der Waals surface area contributed by atoms with Gasteiger partial charge in [-0.15, -0.1) is 0 Å². The number of hydrogen-bond donors (Lipinski definition) is 0. The van der Waals surface area contributed by atoms with Crippen LogP contribution in [-0.4, -0.2) is 15.2 Å². The van der Waals surface area contributed by atoms with E-state index >= 15 is 0 Å². The Morgan fingerprint density at radius 3 is 1.83 bits per heavy atom. The van der Waals surface area contributed by atoms with E-state index in [0.717, 1.165) is 35.1 Å². The molecule has 0 radical (unpaired) electrons. The molecule has 0 bridgehead atoms. The number of hydrogen-bond acceptors (Lipinski definition) is 0. The van der Waals surface area contributed by atoms with Crippen molar-refractivity contribution < 1.29 is 20.8 Å². The van der Waals surface area contributed by atoms with Crippen molar-refractivity contribution in [2.24, 2.45) is 29.6 Å². The van der Waals surface area contributed by atoms with Crippen molar-refractivity contribution in [3.05, 3.63) is 14.9 Å². The van der Waals surface area contributed by atoms with Gasteiger partial charge in [0.1, 0.15) is 0 Å². The summed E-state index contributed by atoms with van der Waals surface area (Å²) < 4.78 is 0. The van der Waals surface area contributed by atoms with E-state index in [-0.39, 0.29) is 14.9 Å². The Morgan fingerprint density at radius 1 is 0.690 bits per heavy atom. The van der Waals surface area contributed by atoms with Gasteiger partial charge in [0.15, 0.2) is 0 Å². The van der Waals surface area contributed by atoms with Gasteiger partial charge >= 0.3 is 37.9 Å². The van der Waals surface area contributed by atoms with Gasteiger partial charge < -0.3 is 14.9 Å². The molecule has 4 rings (SSSR count). The van der Waals surface area contributed by atoms with Gasteiger partial charge in [-0.25, -0.2) is 0 Å². The zero-order valence-corrected chi connectivity index (χ0v) is 26.3. The first kappa shape index (κ1) is 28.9. The molecule has 7 unspecified atom stereocenters. The Bertz CT molecular complexity index is 499. The molecule has 29 heavy (non-hydrogen) atoms. The molecule has 0 aromatic rings. The van der Waals surface area contributed by atoms with E-state index in [1.165, 1.54) is 12.0 Å². The summed E-state index contributed by atoms with van der Waals surface area (Å²) in [5, 5.41) is 0. The summed E-state index contributed by atoms with van der Waals surface area (Å²) >= 11 is -0.826. The van der Waals surface area contributed by atoms with Crippen LogP contribution in [0.1, 0.15) is 71.1 Å². The fraction of sp³-hybridized carbons (Fsp3) is 0.917. The zero-order chi connectivity index (χ0) is 19.8. The van der Waals surface area contributed by atoms with Gasteiger partial charge in [0.05, 0.1) is 0 Å². The minimum absolute atomic E-state index is 0. The van der Waals surface area contributed by atoms with Crippen molar-refractivity contribution in [1.82, 2.24) is 0 Å². The molecule has 4 saturated carbocycles. The maximum atomic E-state index is 4.93. The first-order valence-electron chi connectivity index (χ1n) is 11.7. The van der Waals surface area contributed by atoms with Gasteiger partial charge in [-0.3, -0.25) is 0 Å². The summed E-state index contributed by atoms with van der Waals surface area (Å²) in [6, 6.07) is 0. The summed E-state index contributed by atoms with van der Waals surface area (Å²) in [5.74, 6) is 5.63. The van der Waals surface area contributed by atoms with E-state index in [1.807, 2.05) is 0 Å². The van der Waals surface area contributed by atoms with E-state index in [0.29, 0.717) is 0 Å². The Labute approximate surface area is 204 Å². The molecule has 0 amide bonds. The van der Waals surface area contributed by atoms with Gasteiger partial charge in [-0.2, -0.15) is 0 Å². The van der Waals surface area contributed by atoms with Crippen LogP contribution in [0.3, 0.4) is 0 Å². The Morgan fingerprint density at radius 2 is 1.28 bits per heavy atom. The van der Waals surface area contributed by atoms with Gasteiger partial charge in [0.25, 0.3) is 0 Å². The van der Waals surface area contributed by atoms with Crippen LogP contribution in [-0.2, 0) is 20.8 Å². The Kier molecular flexibility index (Phi) is 11.8. The molecule has 0 aromatic carbocycles. The first-order chi connectivity index (χ1) is 12.7. The molecule has 0 spiro atoms. The van der Waals surface area contributed by atoms with Crippen LogP contribution < -0.4 is 0 Å². The fourth-order valence-corrected chi connectivity index (χ4v) is 22.2. The summed E-state index contributed by atoms with van der Waals surface area (Å²) in [4.78, 5) is 0. The molecule has 0 aromatic heterocycles. The van der Waals surface area contributed by atoms with E-state index in [9.17, 15) is 0 Å². The van der Waals surface area contributed by atoms with Gasteiger partial charge in [-0.05, 0) is 53.5 Å². The predicted molar refractivity (Wildman–Crippen MR) is 136 cm³/mol. The second-order valence-electron chi connectivity index (χ2n) is 11.7. The standard InChI is InChI=1S/C22H42Si2.2CH3.2ClH.Zr/c1-16-9-11-20(13-16)23(2,3)24(4,5)22-12-10-19-14-17-7-6-8-18(17)15-21(19)22;;;;;/h16-22H,6-15H2,1-5H3;2*1H3;2*1H;/q;2*-1;;;+4/p-2. The van der Waals surface area contributed by atoms with E-state index < -0.39 is 36.0 Å². The van der Waals surface area contributed by atoms with Crippen LogP contribution in [0.4, 0.5) is 0 Å². The molecule has 0 N–H and O–H groups in total. The van der Waals surface area contributed by atoms with Crippen molar-refractivity contribution in [2.45, 2.75) is 108 Å². The number of fused-ring (bicyclic) bond motifs is 2. The number of rotatable bonds is 3. The summed E-state index contributed by atoms with van der Waals surface area (Å²) in [6.45, 7) is 13.9. The molecule has 170 valence electrons. The van der Waals surface area contributed by atoms with Crippen LogP contribution in [0, 0.1) is 44.4 Å². The molecule has 4 aliphatic carbocycles. The normalized spacial score (nSPS) is 38.5. The molecule has 5 heteroatoms. The second kappa shape index (κ2) is 11.9. The van der Waals surface area contributed by atoms with Crippen LogP contribution in [0.5, 0.6) is 0 Å². The topological polar surface area (TPSA) is 0 Å². The van der Waals surface area contributed by atoms with E-state index in [4.69, 9.17) is 17.0 Å². The van der Waals surface area contributed by atoms with Crippen molar-refractivity contribution >= 4 is 32.2 Å². The molecule has 4 aliphatic rings. The second-order valence-corrected chi connectivity index (χ2v) is 31.6. The van der Waals surface area contributed by atoms with Crippen LogP contribution >= 0.6 is 17.0 Å². The molecule has 0 heterocycles. The van der Waals surface area contributed by atoms with Gasteiger partial charge in [0, 0.05) is 15.2 Å². The van der Waals surface area contributed by atoms with Crippen molar-refractivity contribution in [2.75, 3.05) is 0 Å². The monoisotopic (exact) mass is 552 g/mol.